The van der Waals surface area contributed by atoms with Gasteiger partial charge in [0.05, 0.1) is 0 Å². The van der Waals surface area contributed by atoms with Gasteiger partial charge in [-0.05, 0) is 36.8 Å². The van der Waals surface area contributed by atoms with Crippen molar-refractivity contribution in [3.05, 3.63) is 59.1 Å². The molecule has 2 aromatic carbocycles. The molecule has 22 heavy (non-hydrogen) atoms. The molecule has 0 heterocycles. The van der Waals surface area contributed by atoms with E-state index < -0.39 is 0 Å². The Morgan fingerprint density at radius 2 is 1.82 bits per heavy atom. The second-order valence-corrected chi connectivity index (χ2v) is 5.41. The Labute approximate surface area is 134 Å². The van der Waals surface area contributed by atoms with Crippen LogP contribution in [0, 0.1) is 6.92 Å². The number of rotatable bonds is 4. The Morgan fingerprint density at radius 1 is 1.14 bits per heavy atom. The molecule has 0 aliphatic heterocycles. The Bertz CT molecular complexity index is 686. The second kappa shape index (κ2) is 7.09. The summed E-state index contributed by atoms with van der Waals surface area (Å²) in [6.45, 7) is 1.86. The molecule has 0 unspecified atom stereocenters. The third kappa shape index (κ3) is 4.09. The van der Waals surface area contributed by atoms with Crippen LogP contribution in [0.1, 0.15) is 12.0 Å². The van der Waals surface area contributed by atoms with E-state index in [-0.39, 0.29) is 18.2 Å². The van der Waals surface area contributed by atoms with E-state index in [2.05, 4.69) is 5.32 Å². The lowest BCUT2D eigenvalue weighted by Crippen LogP contribution is -2.30. The first-order valence-corrected chi connectivity index (χ1v) is 7.23. The van der Waals surface area contributed by atoms with Crippen molar-refractivity contribution in [2.45, 2.75) is 13.3 Å². The molecule has 0 bridgehead atoms. The van der Waals surface area contributed by atoms with Crippen LogP contribution in [0.3, 0.4) is 0 Å². The van der Waals surface area contributed by atoms with Gasteiger partial charge < -0.3 is 10.2 Å². The van der Waals surface area contributed by atoms with E-state index in [1.54, 1.807) is 19.2 Å². The highest BCUT2D eigenvalue weighted by atomic mass is 35.5. The predicted octanol–water partition coefficient (Wildman–Crippen LogP) is 3.64. The van der Waals surface area contributed by atoms with Crippen molar-refractivity contribution in [3.8, 4) is 0 Å². The molecule has 0 atom stereocenters. The van der Waals surface area contributed by atoms with E-state index in [1.807, 2.05) is 43.3 Å². The van der Waals surface area contributed by atoms with Gasteiger partial charge in [-0.15, -0.1) is 0 Å². The maximum Gasteiger partial charge on any atom is 0.236 e. The van der Waals surface area contributed by atoms with E-state index in [0.717, 1.165) is 11.3 Å². The summed E-state index contributed by atoms with van der Waals surface area (Å²) < 4.78 is 0. The maximum absolute atomic E-state index is 12.1. The molecule has 0 aromatic heterocycles. The van der Waals surface area contributed by atoms with Crippen LogP contribution in [0.4, 0.5) is 11.4 Å². The fraction of sp³-hybridized carbons (Fsp3) is 0.176. The van der Waals surface area contributed by atoms with Crippen LogP contribution in [0.25, 0.3) is 0 Å². The average molecular weight is 317 g/mol. The highest BCUT2D eigenvalue weighted by molar-refractivity contribution is 6.31. The zero-order chi connectivity index (χ0) is 16.1. The molecule has 2 amide bonds. The number of aryl methyl sites for hydroxylation is 1. The lowest BCUT2D eigenvalue weighted by Gasteiger charge is -2.17. The average Bonchev–Trinajstić information content (AvgIpc) is 2.51. The molecule has 0 saturated carbocycles. The van der Waals surface area contributed by atoms with Crippen molar-refractivity contribution in [1.82, 2.24) is 0 Å². The van der Waals surface area contributed by atoms with E-state index in [9.17, 15) is 9.59 Å². The number of amides is 2. The number of nitrogens with one attached hydrogen (secondary N) is 1. The molecule has 0 aliphatic rings. The number of hydrogen-bond donors (Lipinski definition) is 1. The lowest BCUT2D eigenvalue weighted by molar-refractivity contribution is -0.125. The summed E-state index contributed by atoms with van der Waals surface area (Å²) in [4.78, 5) is 25.6. The van der Waals surface area contributed by atoms with Crippen molar-refractivity contribution in [2.75, 3.05) is 17.3 Å². The summed E-state index contributed by atoms with van der Waals surface area (Å²) >= 11 is 5.91. The second-order valence-electron chi connectivity index (χ2n) is 4.97. The first-order chi connectivity index (χ1) is 10.5. The molecule has 0 fully saturated rings. The fourth-order valence-corrected chi connectivity index (χ4v) is 2.15. The van der Waals surface area contributed by atoms with Crippen LogP contribution in [0.5, 0.6) is 0 Å². The minimum Gasteiger partial charge on any atom is -0.325 e. The number of nitrogens with zero attached hydrogens (tertiary/aromatic N) is 1. The van der Waals surface area contributed by atoms with Gasteiger partial charge in [0, 0.05) is 23.4 Å². The van der Waals surface area contributed by atoms with Gasteiger partial charge in [-0.3, -0.25) is 9.59 Å². The van der Waals surface area contributed by atoms with Gasteiger partial charge in [0.15, 0.2) is 0 Å². The SMILES string of the molecule is Cc1ccc(Cl)cc1NC(=O)CC(=O)N(C)c1ccccc1. The summed E-state index contributed by atoms with van der Waals surface area (Å²) in [5.41, 5.74) is 2.26. The molecule has 0 radical (unpaired) electrons. The van der Waals surface area contributed by atoms with E-state index >= 15 is 0 Å². The van der Waals surface area contributed by atoms with Crippen molar-refractivity contribution >= 4 is 34.8 Å². The molecular weight excluding hydrogens is 300 g/mol. The Morgan fingerprint density at radius 3 is 2.50 bits per heavy atom. The molecule has 2 rings (SSSR count). The van der Waals surface area contributed by atoms with Gasteiger partial charge >= 0.3 is 0 Å². The number of hydrogen-bond acceptors (Lipinski definition) is 2. The van der Waals surface area contributed by atoms with Crippen molar-refractivity contribution in [1.29, 1.82) is 0 Å². The van der Waals surface area contributed by atoms with Gasteiger partial charge in [0.25, 0.3) is 0 Å². The fourth-order valence-electron chi connectivity index (χ4n) is 1.97. The van der Waals surface area contributed by atoms with E-state index in [0.29, 0.717) is 10.7 Å². The highest BCUT2D eigenvalue weighted by Crippen LogP contribution is 2.20. The van der Waals surface area contributed by atoms with Gasteiger partial charge in [-0.2, -0.15) is 0 Å². The Kier molecular flexibility index (Phi) is 5.17. The Hall–Kier alpha value is -2.33. The van der Waals surface area contributed by atoms with Gasteiger partial charge in [0.2, 0.25) is 11.8 Å². The topological polar surface area (TPSA) is 49.4 Å². The number of para-hydroxylation sites is 1. The summed E-state index contributed by atoms with van der Waals surface area (Å²) in [6.07, 6.45) is -0.225. The highest BCUT2D eigenvalue weighted by Gasteiger charge is 2.16. The lowest BCUT2D eigenvalue weighted by atomic mass is 10.2. The zero-order valence-corrected chi connectivity index (χ0v) is 13.2. The van der Waals surface area contributed by atoms with E-state index in [4.69, 9.17) is 11.6 Å². The maximum atomic E-state index is 12.1. The molecular formula is C17H17ClN2O2. The normalized spacial score (nSPS) is 10.1. The van der Waals surface area contributed by atoms with Gasteiger partial charge in [0.1, 0.15) is 6.42 Å². The molecule has 0 aliphatic carbocycles. The molecule has 4 nitrogen and oxygen atoms in total. The van der Waals surface area contributed by atoms with Crippen molar-refractivity contribution in [2.24, 2.45) is 0 Å². The summed E-state index contributed by atoms with van der Waals surface area (Å²) in [5, 5.41) is 3.25. The number of benzene rings is 2. The molecule has 114 valence electrons. The van der Waals surface area contributed by atoms with Gasteiger partial charge in [-0.1, -0.05) is 35.9 Å². The predicted molar refractivity (Wildman–Crippen MR) is 89.3 cm³/mol. The molecule has 2 aromatic rings. The van der Waals surface area contributed by atoms with Gasteiger partial charge in [-0.25, -0.2) is 0 Å². The van der Waals surface area contributed by atoms with Crippen LogP contribution in [-0.4, -0.2) is 18.9 Å². The van der Waals surface area contributed by atoms with Crippen LogP contribution in [-0.2, 0) is 9.59 Å². The Balaban J connectivity index is 2.00. The molecule has 1 N–H and O–H groups in total. The minimum atomic E-state index is -0.363. The van der Waals surface area contributed by atoms with Crippen LogP contribution >= 0.6 is 11.6 Å². The summed E-state index contributed by atoms with van der Waals surface area (Å²) in [5.74, 6) is -0.637. The van der Waals surface area contributed by atoms with Crippen molar-refractivity contribution < 1.29 is 9.59 Å². The minimum absolute atomic E-state index is 0.225. The quantitative estimate of drug-likeness (QED) is 0.875. The first-order valence-electron chi connectivity index (χ1n) is 6.85. The third-order valence-electron chi connectivity index (χ3n) is 3.30. The van der Waals surface area contributed by atoms with Crippen LogP contribution in [0.15, 0.2) is 48.5 Å². The number of anilines is 2. The molecule has 0 spiro atoms. The van der Waals surface area contributed by atoms with Crippen LogP contribution < -0.4 is 10.2 Å². The monoisotopic (exact) mass is 316 g/mol. The third-order valence-corrected chi connectivity index (χ3v) is 3.54. The smallest absolute Gasteiger partial charge is 0.236 e. The number of halogens is 1. The van der Waals surface area contributed by atoms with E-state index in [1.165, 1.54) is 4.90 Å². The van der Waals surface area contributed by atoms with Crippen molar-refractivity contribution in [3.63, 3.8) is 0 Å². The molecule has 5 heteroatoms. The number of carbonyl (C=O) groups excluding carboxylic acids is 2. The summed E-state index contributed by atoms with van der Waals surface area (Å²) in [6, 6.07) is 14.4. The number of carbonyl (C=O) groups is 2. The van der Waals surface area contributed by atoms with Crippen LogP contribution in [0.2, 0.25) is 5.02 Å². The standard InChI is InChI=1S/C17H17ClN2O2/c1-12-8-9-13(18)10-15(12)19-16(21)11-17(22)20(2)14-6-4-3-5-7-14/h3-10H,11H2,1-2H3,(H,19,21). The zero-order valence-electron chi connectivity index (χ0n) is 12.5. The largest absolute Gasteiger partial charge is 0.325 e. The molecule has 0 saturated heterocycles. The first kappa shape index (κ1) is 16.0. The summed E-state index contributed by atoms with van der Waals surface area (Å²) in [7, 11) is 1.65.